The van der Waals surface area contributed by atoms with Crippen LogP contribution in [0.3, 0.4) is 0 Å². The summed E-state index contributed by atoms with van der Waals surface area (Å²) in [6.45, 7) is 2.09. The molecule has 1 aromatic carbocycles. The maximum absolute atomic E-state index is 11.8. The first-order valence-corrected chi connectivity index (χ1v) is 8.81. The SMILES string of the molecule is CC(CCl)CS(=O)(=O)NCc1ccc(-c2ccn[nH]2)cc1. The van der Waals surface area contributed by atoms with Crippen LogP contribution in [-0.2, 0) is 16.6 Å². The van der Waals surface area contributed by atoms with E-state index in [4.69, 9.17) is 11.6 Å². The molecule has 0 bridgehead atoms. The first-order chi connectivity index (χ1) is 10.00. The number of hydrogen-bond donors (Lipinski definition) is 2. The molecule has 0 aliphatic carbocycles. The average Bonchev–Trinajstić information content (AvgIpc) is 2.99. The molecule has 5 nitrogen and oxygen atoms in total. The summed E-state index contributed by atoms with van der Waals surface area (Å²) in [6.07, 6.45) is 1.69. The molecule has 2 aromatic rings. The highest BCUT2D eigenvalue weighted by atomic mass is 35.5. The van der Waals surface area contributed by atoms with Crippen molar-refractivity contribution in [1.29, 1.82) is 0 Å². The summed E-state index contributed by atoms with van der Waals surface area (Å²) in [5, 5.41) is 6.78. The molecule has 0 saturated carbocycles. The van der Waals surface area contributed by atoms with E-state index in [1.54, 1.807) is 6.20 Å². The van der Waals surface area contributed by atoms with Crippen LogP contribution in [0.2, 0.25) is 0 Å². The molecule has 0 aliphatic rings. The number of aromatic amines is 1. The molecule has 0 amide bonds. The van der Waals surface area contributed by atoms with E-state index in [-0.39, 0.29) is 18.2 Å². The van der Waals surface area contributed by atoms with Gasteiger partial charge in [0.15, 0.2) is 0 Å². The maximum atomic E-state index is 11.8. The van der Waals surface area contributed by atoms with Gasteiger partial charge in [-0.25, -0.2) is 13.1 Å². The number of hydrogen-bond acceptors (Lipinski definition) is 3. The Labute approximate surface area is 129 Å². The fraction of sp³-hybridized carbons (Fsp3) is 0.357. The minimum Gasteiger partial charge on any atom is -0.278 e. The van der Waals surface area contributed by atoms with E-state index in [1.807, 2.05) is 37.3 Å². The standard InChI is InChI=1S/C14H18ClN3O2S/c1-11(8-15)10-21(19,20)17-9-12-2-4-13(5-3-12)14-6-7-16-18-14/h2-7,11,17H,8-10H2,1H3,(H,16,18). The van der Waals surface area contributed by atoms with Crippen molar-refractivity contribution in [2.24, 2.45) is 5.92 Å². The van der Waals surface area contributed by atoms with Crippen LogP contribution in [-0.4, -0.2) is 30.2 Å². The van der Waals surface area contributed by atoms with Crippen molar-refractivity contribution in [2.75, 3.05) is 11.6 Å². The molecule has 2 N–H and O–H groups in total. The number of nitrogens with zero attached hydrogens (tertiary/aromatic N) is 1. The summed E-state index contributed by atoms with van der Waals surface area (Å²) >= 11 is 5.64. The molecule has 0 radical (unpaired) electrons. The number of halogens is 1. The monoisotopic (exact) mass is 327 g/mol. The quantitative estimate of drug-likeness (QED) is 0.767. The molecule has 0 aliphatic heterocycles. The summed E-state index contributed by atoms with van der Waals surface area (Å²) in [7, 11) is -3.30. The molecule has 0 fully saturated rings. The Morgan fingerprint density at radius 3 is 2.57 bits per heavy atom. The van der Waals surface area contributed by atoms with Gasteiger partial charge in [0.05, 0.1) is 11.4 Å². The van der Waals surface area contributed by atoms with Crippen LogP contribution in [0.25, 0.3) is 11.3 Å². The summed E-state index contributed by atoms with van der Waals surface area (Å²) < 4.78 is 26.3. The van der Waals surface area contributed by atoms with Gasteiger partial charge in [-0.1, -0.05) is 31.2 Å². The molecular weight excluding hydrogens is 310 g/mol. The van der Waals surface area contributed by atoms with E-state index in [1.165, 1.54) is 0 Å². The smallest absolute Gasteiger partial charge is 0.212 e. The lowest BCUT2D eigenvalue weighted by Gasteiger charge is -2.10. The van der Waals surface area contributed by atoms with Crippen molar-refractivity contribution in [3.05, 3.63) is 42.1 Å². The molecule has 0 saturated heterocycles. The zero-order valence-electron chi connectivity index (χ0n) is 11.7. The van der Waals surface area contributed by atoms with Crippen molar-refractivity contribution in [3.8, 4) is 11.3 Å². The number of H-pyrrole nitrogens is 1. The number of benzene rings is 1. The molecule has 114 valence electrons. The van der Waals surface area contributed by atoms with Crippen LogP contribution >= 0.6 is 11.6 Å². The van der Waals surface area contributed by atoms with Crippen LogP contribution in [0.5, 0.6) is 0 Å². The Morgan fingerprint density at radius 1 is 1.29 bits per heavy atom. The van der Waals surface area contributed by atoms with E-state index < -0.39 is 10.0 Å². The number of aromatic nitrogens is 2. The Balaban J connectivity index is 1.95. The van der Waals surface area contributed by atoms with Gasteiger partial charge in [-0.05, 0) is 23.1 Å². The Hall–Kier alpha value is -1.37. The highest BCUT2D eigenvalue weighted by Gasteiger charge is 2.14. The van der Waals surface area contributed by atoms with Crippen LogP contribution < -0.4 is 4.72 Å². The van der Waals surface area contributed by atoms with Gasteiger partial charge in [0, 0.05) is 18.6 Å². The van der Waals surface area contributed by atoms with Gasteiger partial charge in [-0.3, -0.25) is 5.10 Å². The molecule has 1 atom stereocenters. The molecule has 1 aromatic heterocycles. The van der Waals surface area contributed by atoms with Crippen molar-refractivity contribution in [3.63, 3.8) is 0 Å². The Bertz CT molecular complexity index is 654. The molecule has 7 heteroatoms. The van der Waals surface area contributed by atoms with E-state index in [0.29, 0.717) is 5.88 Å². The first kappa shape index (κ1) is 16.0. The van der Waals surface area contributed by atoms with Crippen LogP contribution in [0.15, 0.2) is 36.5 Å². The van der Waals surface area contributed by atoms with Gasteiger partial charge < -0.3 is 0 Å². The van der Waals surface area contributed by atoms with Crippen LogP contribution in [0, 0.1) is 5.92 Å². The van der Waals surface area contributed by atoms with E-state index in [2.05, 4.69) is 14.9 Å². The second-order valence-corrected chi connectivity index (χ2v) is 7.19. The highest BCUT2D eigenvalue weighted by molar-refractivity contribution is 7.89. The van der Waals surface area contributed by atoms with Crippen LogP contribution in [0.4, 0.5) is 0 Å². The molecule has 1 heterocycles. The normalized spacial score (nSPS) is 13.2. The third-order valence-electron chi connectivity index (χ3n) is 3.03. The van der Waals surface area contributed by atoms with Gasteiger partial charge in [0.2, 0.25) is 10.0 Å². The van der Waals surface area contributed by atoms with Crippen molar-refractivity contribution < 1.29 is 8.42 Å². The second kappa shape index (κ2) is 7.06. The third kappa shape index (κ3) is 4.84. The highest BCUT2D eigenvalue weighted by Crippen LogP contribution is 2.16. The lowest BCUT2D eigenvalue weighted by Crippen LogP contribution is -2.29. The van der Waals surface area contributed by atoms with Gasteiger partial charge in [0.1, 0.15) is 0 Å². The Kier molecular flexibility index (Phi) is 5.39. The zero-order valence-corrected chi connectivity index (χ0v) is 13.3. The summed E-state index contributed by atoms with van der Waals surface area (Å²) in [5.41, 5.74) is 2.84. The van der Waals surface area contributed by atoms with Crippen molar-refractivity contribution >= 4 is 21.6 Å². The lowest BCUT2D eigenvalue weighted by atomic mass is 10.1. The fourth-order valence-corrected chi connectivity index (χ4v) is 3.50. The molecule has 1 unspecified atom stereocenters. The molecule has 0 spiro atoms. The largest absolute Gasteiger partial charge is 0.278 e. The number of alkyl halides is 1. The van der Waals surface area contributed by atoms with E-state index in [9.17, 15) is 8.42 Å². The summed E-state index contributed by atoms with van der Waals surface area (Å²) in [5.74, 6) is 0.314. The van der Waals surface area contributed by atoms with Crippen LogP contribution in [0.1, 0.15) is 12.5 Å². The number of sulfonamides is 1. The fourth-order valence-electron chi connectivity index (χ4n) is 1.89. The molecule has 2 rings (SSSR count). The van der Waals surface area contributed by atoms with Crippen molar-refractivity contribution in [2.45, 2.75) is 13.5 Å². The minimum absolute atomic E-state index is 0.0444. The van der Waals surface area contributed by atoms with Gasteiger partial charge >= 0.3 is 0 Å². The minimum atomic E-state index is -3.30. The zero-order chi connectivity index (χ0) is 15.3. The van der Waals surface area contributed by atoms with Gasteiger partial charge in [-0.2, -0.15) is 5.10 Å². The average molecular weight is 328 g/mol. The van der Waals surface area contributed by atoms with E-state index in [0.717, 1.165) is 16.8 Å². The third-order valence-corrected chi connectivity index (χ3v) is 5.15. The number of nitrogens with one attached hydrogen (secondary N) is 2. The van der Waals surface area contributed by atoms with Gasteiger partial charge in [-0.15, -0.1) is 11.6 Å². The predicted molar refractivity (Wildman–Crippen MR) is 84.5 cm³/mol. The molecular formula is C14H18ClN3O2S. The van der Waals surface area contributed by atoms with E-state index >= 15 is 0 Å². The topological polar surface area (TPSA) is 74.8 Å². The summed E-state index contributed by atoms with van der Waals surface area (Å²) in [4.78, 5) is 0. The lowest BCUT2D eigenvalue weighted by molar-refractivity contribution is 0.568. The second-order valence-electron chi connectivity index (χ2n) is 5.03. The predicted octanol–water partition coefficient (Wildman–Crippen LogP) is 2.37. The van der Waals surface area contributed by atoms with Crippen molar-refractivity contribution in [1.82, 2.24) is 14.9 Å². The maximum Gasteiger partial charge on any atom is 0.212 e. The number of rotatable bonds is 7. The first-order valence-electron chi connectivity index (χ1n) is 6.62. The van der Waals surface area contributed by atoms with Gasteiger partial charge in [0.25, 0.3) is 0 Å². The molecule has 21 heavy (non-hydrogen) atoms. The summed E-state index contributed by atoms with van der Waals surface area (Å²) in [6, 6.07) is 9.52. The Morgan fingerprint density at radius 2 is 2.00 bits per heavy atom.